The fraction of sp³-hybridized carbons (Fsp3) is 0.538. The summed E-state index contributed by atoms with van der Waals surface area (Å²) in [6.07, 6.45) is 2.30. The van der Waals surface area contributed by atoms with Gasteiger partial charge in [0.2, 0.25) is 0 Å². The molecule has 1 aliphatic heterocycles. The standard InChI is InChI=1S/C13H18NO2/c1-15-12-4-3-11(9-13(12)16-2)10-5-7-14-8-6-10/h3-4,9-10H,5-8H2,1-2H3. The fourth-order valence-corrected chi connectivity index (χ4v) is 2.19. The smallest absolute Gasteiger partial charge is 0.160 e. The van der Waals surface area contributed by atoms with Crippen LogP contribution in [0.15, 0.2) is 18.2 Å². The van der Waals surface area contributed by atoms with Gasteiger partial charge in [0.15, 0.2) is 11.5 Å². The van der Waals surface area contributed by atoms with Gasteiger partial charge in [0, 0.05) is 13.1 Å². The fourth-order valence-electron chi connectivity index (χ4n) is 2.19. The topological polar surface area (TPSA) is 32.6 Å². The lowest BCUT2D eigenvalue weighted by molar-refractivity contribution is 0.353. The van der Waals surface area contributed by atoms with Crippen molar-refractivity contribution in [3.05, 3.63) is 23.8 Å². The summed E-state index contributed by atoms with van der Waals surface area (Å²) >= 11 is 0. The van der Waals surface area contributed by atoms with Gasteiger partial charge in [-0.15, -0.1) is 0 Å². The second kappa shape index (κ2) is 5.21. The zero-order valence-electron chi connectivity index (χ0n) is 9.90. The maximum Gasteiger partial charge on any atom is 0.160 e. The SMILES string of the molecule is COc1ccc(C2CC[N]CC2)cc1OC. The van der Waals surface area contributed by atoms with Crippen molar-refractivity contribution in [2.24, 2.45) is 0 Å². The number of nitrogens with zero attached hydrogens (tertiary/aromatic N) is 1. The average Bonchev–Trinajstić information content (AvgIpc) is 2.39. The molecule has 1 fully saturated rings. The summed E-state index contributed by atoms with van der Waals surface area (Å²) in [5.41, 5.74) is 1.34. The summed E-state index contributed by atoms with van der Waals surface area (Å²) < 4.78 is 10.6. The number of hydrogen-bond donors (Lipinski definition) is 0. The molecule has 1 aromatic rings. The third-order valence-electron chi connectivity index (χ3n) is 3.15. The van der Waals surface area contributed by atoms with Crippen molar-refractivity contribution in [2.45, 2.75) is 18.8 Å². The Morgan fingerprint density at radius 2 is 1.75 bits per heavy atom. The van der Waals surface area contributed by atoms with Gasteiger partial charge in [-0.3, -0.25) is 0 Å². The summed E-state index contributed by atoms with van der Waals surface area (Å²) in [7, 11) is 3.34. The van der Waals surface area contributed by atoms with Gasteiger partial charge in [-0.1, -0.05) is 6.07 Å². The minimum Gasteiger partial charge on any atom is -0.493 e. The van der Waals surface area contributed by atoms with Gasteiger partial charge in [-0.05, 0) is 36.5 Å². The lowest BCUT2D eigenvalue weighted by Gasteiger charge is -2.22. The second-order valence-corrected chi connectivity index (χ2v) is 4.06. The zero-order valence-corrected chi connectivity index (χ0v) is 9.90. The molecule has 1 radical (unpaired) electrons. The van der Waals surface area contributed by atoms with Crippen LogP contribution in [0.3, 0.4) is 0 Å². The first-order valence-electron chi connectivity index (χ1n) is 5.70. The molecule has 1 aliphatic rings. The van der Waals surface area contributed by atoms with E-state index in [0.717, 1.165) is 37.4 Å². The van der Waals surface area contributed by atoms with Crippen molar-refractivity contribution < 1.29 is 9.47 Å². The van der Waals surface area contributed by atoms with Crippen LogP contribution >= 0.6 is 0 Å². The minimum atomic E-state index is 0.623. The van der Waals surface area contributed by atoms with Crippen LogP contribution in [-0.4, -0.2) is 27.3 Å². The number of benzene rings is 1. The number of piperidine rings is 1. The molecule has 0 aliphatic carbocycles. The van der Waals surface area contributed by atoms with Crippen LogP contribution < -0.4 is 14.8 Å². The summed E-state index contributed by atoms with van der Waals surface area (Å²) in [5.74, 6) is 2.24. The highest BCUT2D eigenvalue weighted by atomic mass is 16.5. The van der Waals surface area contributed by atoms with Gasteiger partial charge < -0.3 is 9.47 Å². The molecule has 0 N–H and O–H groups in total. The highest BCUT2D eigenvalue weighted by Gasteiger charge is 2.17. The monoisotopic (exact) mass is 220 g/mol. The van der Waals surface area contributed by atoms with E-state index in [1.165, 1.54) is 5.56 Å². The quantitative estimate of drug-likeness (QED) is 0.782. The molecule has 0 spiro atoms. The first kappa shape index (κ1) is 11.3. The third kappa shape index (κ3) is 2.30. The molecule has 0 amide bonds. The highest BCUT2D eigenvalue weighted by Crippen LogP contribution is 2.33. The van der Waals surface area contributed by atoms with Crippen LogP contribution in [0.25, 0.3) is 0 Å². The van der Waals surface area contributed by atoms with E-state index in [1.807, 2.05) is 6.07 Å². The van der Waals surface area contributed by atoms with Crippen LogP contribution in [0, 0.1) is 0 Å². The van der Waals surface area contributed by atoms with E-state index < -0.39 is 0 Å². The largest absolute Gasteiger partial charge is 0.493 e. The molecule has 3 nitrogen and oxygen atoms in total. The highest BCUT2D eigenvalue weighted by molar-refractivity contribution is 5.44. The molecule has 87 valence electrons. The second-order valence-electron chi connectivity index (χ2n) is 4.06. The van der Waals surface area contributed by atoms with Gasteiger partial charge in [0.1, 0.15) is 0 Å². The third-order valence-corrected chi connectivity index (χ3v) is 3.15. The van der Waals surface area contributed by atoms with Gasteiger partial charge in [0.05, 0.1) is 14.2 Å². The molecule has 3 heteroatoms. The molecular formula is C13H18NO2. The normalized spacial score (nSPS) is 17.1. The minimum absolute atomic E-state index is 0.623. The van der Waals surface area contributed by atoms with Gasteiger partial charge in [-0.2, -0.15) is 0 Å². The Labute approximate surface area is 96.8 Å². The molecule has 0 saturated carbocycles. The van der Waals surface area contributed by atoms with E-state index in [0.29, 0.717) is 5.92 Å². The summed E-state index contributed by atoms with van der Waals surface area (Å²) in [4.78, 5) is 0. The Morgan fingerprint density at radius 3 is 2.38 bits per heavy atom. The van der Waals surface area contributed by atoms with Crippen molar-refractivity contribution in [2.75, 3.05) is 27.3 Å². The Bertz CT molecular complexity index is 346. The molecule has 0 unspecified atom stereocenters. The van der Waals surface area contributed by atoms with E-state index >= 15 is 0 Å². The van der Waals surface area contributed by atoms with Crippen LogP contribution in [0.1, 0.15) is 24.3 Å². The molecule has 0 aromatic heterocycles. The van der Waals surface area contributed by atoms with E-state index in [2.05, 4.69) is 17.4 Å². The van der Waals surface area contributed by atoms with Crippen molar-refractivity contribution in [1.82, 2.24) is 5.32 Å². The van der Waals surface area contributed by atoms with Crippen LogP contribution in [0.5, 0.6) is 11.5 Å². The molecule has 0 bridgehead atoms. The molecule has 1 aromatic carbocycles. The number of rotatable bonds is 3. The Hall–Kier alpha value is -1.22. The van der Waals surface area contributed by atoms with Gasteiger partial charge in [-0.25, -0.2) is 5.32 Å². The van der Waals surface area contributed by atoms with Crippen molar-refractivity contribution in [3.63, 3.8) is 0 Å². The molecule has 1 saturated heterocycles. The Morgan fingerprint density at radius 1 is 1.06 bits per heavy atom. The first-order chi connectivity index (χ1) is 7.85. The molecule has 1 heterocycles. The summed E-state index contributed by atoms with van der Waals surface area (Å²) in [6.45, 7) is 1.97. The molecule has 2 rings (SSSR count). The summed E-state index contributed by atoms with van der Waals surface area (Å²) in [5, 5.41) is 4.37. The predicted octanol–water partition coefficient (Wildman–Crippen LogP) is 2.19. The van der Waals surface area contributed by atoms with Crippen molar-refractivity contribution in [3.8, 4) is 11.5 Å². The Balaban J connectivity index is 2.20. The maximum atomic E-state index is 5.32. The molecule has 0 atom stereocenters. The Kier molecular flexibility index (Phi) is 3.67. The van der Waals surface area contributed by atoms with Gasteiger partial charge >= 0.3 is 0 Å². The van der Waals surface area contributed by atoms with Crippen LogP contribution in [0.2, 0.25) is 0 Å². The van der Waals surface area contributed by atoms with Crippen molar-refractivity contribution in [1.29, 1.82) is 0 Å². The average molecular weight is 220 g/mol. The number of hydrogen-bond acceptors (Lipinski definition) is 2. The summed E-state index contributed by atoms with van der Waals surface area (Å²) in [6, 6.07) is 6.21. The van der Waals surface area contributed by atoms with E-state index in [1.54, 1.807) is 14.2 Å². The van der Waals surface area contributed by atoms with Crippen LogP contribution in [0.4, 0.5) is 0 Å². The lowest BCUT2D eigenvalue weighted by atomic mass is 9.90. The van der Waals surface area contributed by atoms with Crippen molar-refractivity contribution >= 4 is 0 Å². The molecular weight excluding hydrogens is 202 g/mol. The number of methoxy groups -OCH3 is 2. The maximum absolute atomic E-state index is 5.32. The van der Waals surface area contributed by atoms with Crippen LogP contribution in [-0.2, 0) is 0 Å². The zero-order chi connectivity index (χ0) is 11.4. The number of ether oxygens (including phenoxy) is 2. The van der Waals surface area contributed by atoms with E-state index in [9.17, 15) is 0 Å². The lowest BCUT2D eigenvalue weighted by Crippen LogP contribution is -2.20. The molecule has 16 heavy (non-hydrogen) atoms. The predicted molar refractivity (Wildman–Crippen MR) is 63.4 cm³/mol. The van der Waals surface area contributed by atoms with E-state index in [4.69, 9.17) is 9.47 Å². The van der Waals surface area contributed by atoms with Gasteiger partial charge in [0.25, 0.3) is 0 Å². The van der Waals surface area contributed by atoms with E-state index in [-0.39, 0.29) is 0 Å². The first-order valence-corrected chi connectivity index (χ1v) is 5.70.